The summed E-state index contributed by atoms with van der Waals surface area (Å²) in [6.07, 6.45) is 4.49. The highest BCUT2D eigenvalue weighted by atomic mass is 16.2. The number of fused-ring (bicyclic) bond motifs is 5. The third kappa shape index (κ3) is 3.24. The van der Waals surface area contributed by atoms with Gasteiger partial charge in [-0.3, -0.25) is 14.5 Å². The summed E-state index contributed by atoms with van der Waals surface area (Å²) < 4.78 is 0. The predicted molar refractivity (Wildman–Crippen MR) is 133 cm³/mol. The number of nitriles is 1. The number of hydrogen-bond donors (Lipinski definition) is 1. The van der Waals surface area contributed by atoms with Crippen LogP contribution in [0.4, 0.5) is 0 Å². The molecule has 0 aromatic heterocycles. The van der Waals surface area contributed by atoms with Crippen LogP contribution < -0.4 is 5.73 Å². The van der Waals surface area contributed by atoms with Crippen molar-refractivity contribution in [2.45, 2.75) is 68.4 Å². The fraction of sp³-hybridized carbons (Fsp3) is 0.483. The second kappa shape index (κ2) is 8.16. The summed E-state index contributed by atoms with van der Waals surface area (Å²) in [5.74, 6) is 0.472. The maximum Gasteiger partial charge on any atom is 0.242 e. The maximum atomic E-state index is 13.9. The SMILES string of the molecule is N#C[C@@H]1C[C@@H]2C[C@@H]2N1C(=O)[C@@H](N)CN1CC2C[C@H]1C(=O)N2C1c2ccccc2CCc2ccccc21. The van der Waals surface area contributed by atoms with Gasteiger partial charge in [-0.05, 0) is 60.3 Å². The fourth-order valence-corrected chi connectivity index (χ4v) is 7.43. The highest BCUT2D eigenvalue weighted by molar-refractivity contribution is 5.87. The number of nitrogens with two attached hydrogens (primary N) is 1. The van der Waals surface area contributed by atoms with E-state index < -0.39 is 6.04 Å². The fourth-order valence-electron chi connectivity index (χ4n) is 7.43. The molecule has 4 fully saturated rings. The summed E-state index contributed by atoms with van der Waals surface area (Å²) in [6.45, 7) is 1.09. The van der Waals surface area contributed by atoms with Crippen LogP contribution in [0.15, 0.2) is 48.5 Å². The van der Waals surface area contributed by atoms with Crippen molar-refractivity contribution in [3.05, 3.63) is 70.8 Å². The van der Waals surface area contributed by atoms with Crippen molar-refractivity contribution in [3.63, 3.8) is 0 Å². The standard InChI is InChI=1S/C29H31N5O2/c30-14-20-11-19-12-25(19)33(20)28(35)24(31)16-32-15-21-13-26(32)29(36)34(21)27-22-7-3-1-5-17(22)9-10-18-6-2-4-8-23(18)27/h1-8,19-21,24-27H,9-13,15-16,31H2/t19-,20+,21?,24+,25+,26+/m1/s1. The van der Waals surface area contributed by atoms with Gasteiger partial charge in [-0.2, -0.15) is 5.26 Å². The summed E-state index contributed by atoms with van der Waals surface area (Å²) in [6, 6.07) is 18.3. The van der Waals surface area contributed by atoms with Crippen molar-refractivity contribution in [1.29, 1.82) is 5.26 Å². The van der Waals surface area contributed by atoms with Gasteiger partial charge in [0.1, 0.15) is 6.04 Å². The van der Waals surface area contributed by atoms with E-state index in [1.165, 1.54) is 22.3 Å². The smallest absolute Gasteiger partial charge is 0.242 e. The zero-order chi connectivity index (χ0) is 24.6. The van der Waals surface area contributed by atoms with Crippen LogP contribution >= 0.6 is 0 Å². The van der Waals surface area contributed by atoms with Gasteiger partial charge in [0.15, 0.2) is 0 Å². The molecule has 3 aliphatic heterocycles. The molecule has 3 heterocycles. The van der Waals surface area contributed by atoms with Gasteiger partial charge in [-0.15, -0.1) is 0 Å². The molecule has 1 saturated carbocycles. The van der Waals surface area contributed by atoms with Crippen molar-refractivity contribution in [1.82, 2.24) is 14.7 Å². The number of piperazine rings is 1. The first-order valence-electron chi connectivity index (χ1n) is 13.2. The van der Waals surface area contributed by atoms with E-state index in [0.29, 0.717) is 12.5 Å². The Kier molecular flexibility index (Phi) is 4.99. The first kappa shape index (κ1) is 22.0. The van der Waals surface area contributed by atoms with Gasteiger partial charge >= 0.3 is 0 Å². The Bertz CT molecular complexity index is 1240. The number of aryl methyl sites for hydroxylation is 2. The number of hydrogen-bond acceptors (Lipinski definition) is 5. The summed E-state index contributed by atoms with van der Waals surface area (Å²) in [4.78, 5) is 33.0. The van der Waals surface area contributed by atoms with Crippen molar-refractivity contribution < 1.29 is 9.59 Å². The normalized spacial score (nSPS) is 31.4. The summed E-state index contributed by atoms with van der Waals surface area (Å²) in [5.41, 5.74) is 11.5. The molecule has 2 aromatic carbocycles. The number of likely N-dealkylation sites (tertiary alicyclic amines) is 3. The zero-order valence-electron chi connectivity index (χ0n) is 20.3. The Hall–Kier alpha value is -3.21. The second-order valence-electron chi connectivity index (χ2n) is 11.2. The van der Waals surface area contributed by atoms with E-state index in [0.717, 1.165) is 38.6 Å². The first-order valence-corrected chi connectivity index (χ1v) is 13.2. The largest absolute Gasteiger partial charge is 0.326 e. The van der Waals surface area contributed by atoms with Crippen LogP contribution in [0.2, 0.25) is 0 Å². The lowest BCUT2D eigenvalue weighted by atomic mass is 9.92. The Labute approximate surface area is 211 Å². The van der Waals surface area contributed by atoms with Gasteiger partial charge in [-0.25, -0.2) is 0 Å². The van der Waals surface area contributed by atoms with Crippen LogP contribution in [0, 0.1) is 17.2 Å². The van der Waals surface area contributed by atoms with Gasteiger partial charge < -0.3 is 15.5 Å². The average Bonchev–Trinajstić information content (AvgIpc) is 3.28. The van der Waals surface area contributed by atoms with E-state index in [-0.39, 0.29) is 42.0 Å². The lowest BCUT2D eigenvalue weighted by Crippen LogP contribution is -2.57. The minimum absolute atomic E-state index is 0.0763. The number of rotatable bonds is 4. The predicted octanol–water partition coefficient (Wildman–Crippen LogP) is 2.00. The minimum Gasteiger partial charge on any atom is -0.326 e. The topological polar surface area (TPSA) is 93.7 Å². The molecule has 36 heavy (non-hydrogen) atoms. The molecule has 7 nitrogen and oxygen atoms in total. The van der Waals surface area contributed by atoms with Crippen molar-refractivity contribution in [2.24, 2.45) is 11.7 Å². The molecular formula is C29H31N5O2. The first-order chi connectivity index (χ1) is 17.5. The molecule has 2 N–H and O–H groups in total. The molecule has 184 valence electrons. The highest BCUT2D eigenvalue weighted by Crippen LogP contribution is 2.48. The Balaban J connectivity index is 1.13. The van der Waals surface area contributed by atoms with Crippen LogP contribution in [-0.2, 0) is 22.4 Å². The van der Waals surface area contributed by atoms with E-state index in [1.807, 2.05) is 0 Å². The third-order valence-electron chi connectivity index (χ3n) is 9.21. The third-order valence-corrected chi connectivity index (χ3v) is 9.21. The van der Waals surface area contributed by atoms with Gasteiger partial charge in [0.2, 0.25) is 11.8 Å². The molecule has 2 bridgehead atoms. The van der Waals surface area contributed by atoms with Gasteiger partial charge in [0.25, 0.3) is 0 Å². The van der Waals surface area contributed by atoms with E-state index in [1.54, 1.807) is 4.90 Å². The summed E-state index contributed by atoms with van der Waals surface area (Å²) in [5, 5.41) is 9.48. The van der Waals surface area contributed by atoms with E-state index >= 15 is 0 Å². The molecule has 6 atom stereocenters. The Morgan fingerprint density at radius 2 is 1.69 bits per heavy atom. The van der Waals surface area contributed by atoms with E-state index in [9.17, 15) is 14.9 Å². The minimum atomic E-state index is -0.708. The average molecular weight is 482 g/mol. The lowest BCUT2D eigenvalue weighted by Gasteiger charge is -2.40. The van der Waals surface area contributed by atoms with Crippen molar-refractivity contribution in [3.8, 4) is 6.07 Å². The van der Waals surface area contributed by atoms with Crippen LogP contribution in [-0.4, -0.2) is 69.8 Å². The van der Waals surface area contributed by atoms with Crippen LogP contribution in [0.5, 0.6) is 0 Å². The van der Waals surface area contributed by atoms with Gasteiger partial charge in [0.05, 0.1) is 24.2 Å². The molecule has 0 spiro atoms. The Morgan fingerprint density at radius 3 is 2.33 bits per heavy atom. The monoisotopic (exact) mass is 481 g/mol. The number of carbonyl (C=O) groups excluding carboxylic acids is 2. The van der Waals surface area contributed by atoms with Crippen LogP contribution in [0.25, 0.3) is 0 Å². The number of carbonyl (C=O) groups is 2. The van der Waals surface area contributed by atoms with Gasteiger partial charge in [0, 0.05) is 25.2 Å². The summed E-state index contributed by atoms with van der Waals surface area (Å²) in [7, 11) is 0. The van der Waals surface area contributed by atoms with Crippen LogP contribution in [0.3, 0.4) is 0 Å². The van der Waals surface area contributed by atoms with Gasteiger partial charge in [-0.1, -0.05) is 48.5 Å². The number of piperidine rings is 1. The number of amides is 2. The molecule has 2 amide bonds. The molecule has 0 radical (unpaired) electrons. The highest BCUT2D eigenvalue weighted by Gasteiger charge is 2.56. The lowest BCUT2D eigenvalue weighted by molar-refractivity contribution is -0.140. The van der Waals surface area contributed by atoms with E-state index in [4.69, 9.17) is 5.73 Å². The molecule has 7 rings (SSSR count). The molecule has 2 aromatic rings. The molecule has 1 unspecified atom stereocenters. The maximum absolute atomic E-state index is 13.9. The van der Waals surface area contributed by atoms with E-state index in [2.05, 4.69) is 64.4 Å². The Morgan fingerprint density at radius 1 is 1.03 bits per heavy atom. The molecule has 5 aliphatic rings. The molecular weight excluding hydrogens is 450 g/mol. The van der Waals surface area contributed by atoms with Crippen molar-refractivity contribution in [2.75, 3.05) is 13.1 Å². The molecule has 3 saturated heterocycles. The van der Waals surface area contributed by atoms with Crippen LogP contribution in [0.1, 0.15) is 47.6 Å². The zero-order valence-corrected chi connectivity index (χ0v) is 20.3. The number of nitrogens with zero attached hydrogens (tertiary/aromatic N) is 4. The second-order valence-corrected chi connectivity index (χ2v) is 11.2. The summed E-state index contributed by atoms with van der Waals surface area (Å²) >= 11 is 0. The quantitative estimate of drug-likeness (QED) is 0.721. The van der Waals surface area contributed by atoms with Crippen molar-refractivity contribution >= 4 is 11.8 Å². The molecule has 7 heteroatoms. The molecule has 2 aliphatic carbocycles. The number of benzene rings is 2.